The summed E-state index contributed by atoms with van der Waals surface area (Å²) in [4.78, 5) is 0. The van der Waals surface area contributed by atoms with Crippen LogP contribution in [0, 0.1) is 11.7 Å². The minimum atomic E-state index is -0.423. The Morgan fingerprint density at radius 1 is 1.45 bits per heavy atom. The highest BCUT2D eigenvalue weighted by molar-refractivity contribution is 5.69. The van der Waals surface area contributed by atoms with Crippen molar-refractivity contribution in [3.05, 3.63) is 17.9 Å². The van der Waals surface area contributed by atoms with Gasteiger partial charge in [-0.1, -0.05) is 0 Å². The third-order valence-corrected chi connectivity index (χ3v) is 3.76. The lowest BCUT2D eigenvalue weighted by Crippen LogP contribution is -2.31. The normalized spacial score (nSPS) is 17.8. The van der Waals surface area contributed by atoms with E-state index < -0.39 is 5.82 Å². The average molecular weight is 282 g/mol. The Kier molecular flexibility index (Phi) is 5.06. The van der Waals surface area contributed by atoms with Gasteiger partial charge in [-0.3, -0.25) is 0 Å². The summed E-state index contributed by atoms with van der Waals surface area (Å²) in [5.74, 6) is 0.362. The first-order valence-corrected chi connectivity index (χ1v) is 7.18. The van der Waals surface area contributed by atoms with E-state index >= 15 is 0 Å². The fourth-order valence-electron chi connectivity index (χ4n) is 2.54. The Labute approximate surface area is 119 Å². The van der Waals surface area contributed by atoms with Gasteiger partial charge in [0, 0.05) is 31.4 Å². The summed E-state index contributed by atoms with van der Waals surface area (Å²) in [6.45, 7) is 5.99. The van der Waals surface area contributed by atoms with Crippen molar-refractivity contribution in [1.29, 1.82) is 0 Å². The van der Waals surface area contributed by atoms with E-state index in [2.05, 4.69) is 12.2 Å². The van der Waals surface area contributed by atoms with Crippen molar-refractivity contribution >= 4 is 11.4 Å². The van der Waals surface area contributed by atoms with Crippen LogP contribution in [0.25, 0.3) is 0 Å². The third-order valence-electron chi connectivity index (χ3n) is 3.76. The Hall–Kier alpha value is -1.49. The molecule has 0 aromatic heterocycles. The minimum Gasteiger partial charge on any atom is -0.491 e. The highest BCUT2D eigenvalue weighted by Gasteiger charge is 2.21. The molecular formula is C15H23FN2O2. The SMILES string of the molecule is CCOc1cc(NC(C)C2CCOCC2)c(N)cc1F. The number of hydrogen-bond acceptors (Lipinski definition) is 4. The smallest absolute Gasteiger partial charge is 0.167 e. The van der Waals surface area contributed by atoms with Gasteiger partial charge in [-0.25, -0.2) is 4.39 Å². The highest BCUT2D eigenvalue weighted by Crippen LogP contribution is 2.30. The fraction of sp³-hybridized carbons (Fsp3) is 0.600. The van der Waals surface area contributed by atoms with E-state index in [1.807, 2.05) is 6.92 Å². The zero-order chi connectivity index (χ0) is 14.5. The summed E-state index contributed by atoms with van der Waals surface area (Å²) in [6.07, 6.45) is 2.07. The number of hydrogen-bond donors (Lipinski definition) is 2. The van der Waals surface area contributed by atoms with E-state index in [9.17, 15) is 4.39 Å². The van der Waals surface area contributed by atoms with Crippen LogP contribution < -0.4 is 15.8 Å². The van der Waals surface area contributed by atoms with E-state index in [1.54, 1.807) is 6.07 Å². The van der Waals surface area contributed by atoms with E-state index in [0.717, 1.165) is 31.7 Å². The number of nitrogens with two attached hydrogens (primary N) is 1. The molecule has 0 saturated carbocycles. The Balaban J connectivity index is 2.09. The van der Waals surface area contributed by atoms with Crippen molar-refractivity contribution in [1.82, 2.24) is 0 Å². The Morgan fingerprint density at radius 3 is 2.80 bits per heavy atom. The van der Waals surface area contributed by atoms with Crippen molar-refractivity contribution in [2.24, 2.45) is 5.92 Å². The number of halogens is 1. The van der Waals surface area contributed by atoms with Crippen LogP contribution in [0.3, 0.4) is 0 Å². The van der Waals surface area contributed by atoms with Gasteiger partial charge >= 0.3 is 0 Å². The quantitative estimate of drug-likeness (QED) is 0.815. The Bertz CT molecular complexity index is 448. The maximum Gasteiger partial charge on any atom is 0.167 e. The second kappa shape index (κ2) is 6.79. The van der Waals surface area contributed by atoms with Crippen LogP contribution in [-0.4, -0.2) is 25.9 Å². The largest absolute Gasteiger partial charge is 0.491 e. The van der Waals surface area contributed by atoms with Crippen LogP contribution in [0.4, 0.5) is 15.8 Å². The zero-order valence-electron chi connectivity index (χ0n) is 12.1. The number of ether oxygens (including phenoxy) is 2. The van der Waals surface area contributed by atoms with Crippen LogP contribution in [0.5, 0.6) is 5.75 Å². The maximum atomic E-state index is 13.7. The van der Waals surface area contributed by atoms with Crippen molar-refractivity contribution < 1.29 is 13.9 Å². The molecule has 1 atom stereocenters. The maximum absolute atomic E-state index is 13.7. The van der Waals surface area contributed by atoms with Crippen LogP contribution >= 0.6 is 0 Å². The predicted octanol–water partition coefficient (Wildman–Crippen LogP) is 3.03. The Morgan fingerprint density at radius 2 is 2.15 bits per heavy atom. The van der Waals surface area contributed by atoms with Crippen molar-refractivity contribution in [3.8, 4) is 5.75 Å². The lowest BCUT2D eigenvalue weighted by atomic mass is 9.92. The monoisotopic (exact) mass is 282 g/mol. The fourth-order valence-corrected chi connectivity index (χ4v) is 2.54. The first-order valence-electron chi connectivity index (χ1n) is 7.18. The molecule has 1 aliphatic rings. The number of rotatable bonds is 5. The number of nitrogen functional groups attached to an aromatic ring is 1. The lowest BCUT2D eigenvalue weighted by Gasteiger charge is -2.29. The van der Waals surface area contributed by atoms with Gasteiger partial charge in [-0.05, 0) is 32.6 Å². The molecule has 3 N–H and O–H groups in total. The second-order valence-electron chi connectivity index (χ2n) is 5.19. The first kappa shape index (κ1) is 14.9. The molecule has 0 bridgehead atoms. The average Bonchev–Trinajstić information content (AvgIpc) is 2.45. The molecule has 2 rings (SSSR count). The van der Waals surface area contributed by atoms with Crippen LogP contribution in [0.15, 0.2) is 12.1 Å². The minimum absolute atomic E-state index is 0.239. The number of nitrogens with one attached hydrogen (secondary N) is 1. The van der Waals surface area contributed by atoms with Gasteiger partial charge in [0.15, 0.2) is 11.6 Å². The molecule has 112 valence electrons. The molecule has 1 aromatic carbocycles. The first-order chi connectivity index (χ1) is 9.61. The summed E-state index contributed by atoms with van der Waals surface area (Å²) in [5.41, 5.74) is 7.02. The summed E-state index contributed by atoms with van der Waals surface area (Å²) < 4.78 is 24.3. The van der Waals surface area contributed by atoms with Crippen LogP contribution in [-0.2, 0) is 4.74 Å². The van der Waals surface area contributed by atoms with E-state index in [0.29, 0.717) is 18.2 Å². The second-order valence-corrected chi connectivity index (χ2v) is 5.19. The molecule has 0 aliphatic carbocycles. The van der Waals surface area contributed by atoms with E-state index in [4.69, 9.17) is 15.2 Å². The molecule has 1 aromatic rings. The highest BCUT2D eigenvalue weighted by atomic mass is 19.1. The van der Waals surface area contributed by atoms with Gasteiger partial charge in [0.25, 0.3) is 0 Å². The topological polar surface area (TPSA) is 56.5 Å². The molecule has 0 amide bonds. The number of benzene rings is 1. The van der Waals surface area contributed by atoms with Gasteiger partial charge in [-0.15, -0.1) is 0 Å². The van der Waals surface area contributed by atoms with Crippen molar-refractivity contribution in [2.45, 2.75) is 32.7 Å². The molecule has 0 spiro atoms. The number of anilines is 2. The standard InChI is InChI=1S/C15H23FN2O2/c1-3-20-15-9-14(13(17)8-12(15)16)18-10(2)11-4-6-19-7-5-11/h8-11,18H,3-7,17H2,1-2H3. The van der Waals surface area contributed by atoms with Crippen molar-refractivity contribution in [3.63, 3.8) is 0 Å². The van der Waals surface area contributed by atoms with Crippen LogP contribution in [0.1, 0.15) is 26.7 Å². The molecular weight excluding hydrogens is 259 g/mol. The van der Waals surface area contributed by atoms with Crippen molar-refractivity contribution in [2.75, 3.05) is 30.9 Å². The van der Waals surface area contributed by atoms with E-state index in [-0.39, 0.29) is 11.8 Å². The van der Waals surface area contributed by atoms with E-state index in [1.165, 1.54) is 6.07 Å². The molecule has 0 radical (unpaired) electrons. The zero-order valence-corrected chi connectivity index (χ0v) is 12.1. The van der Waals surface area contributed by atoms with Gasteiger partial charge in [-0.2, -0.15) is 0 Å². The summed E-state index contributed by atoms with van der Waals surface area (Å²) >= 11 is 0. The van der Waals surface area contributed by atoms with Gasteiger partial charge < -0.3 is 20.5 Å². The predicted molar refractivity (Wildman–Crippen MR) is 78.6 cm³/mol. The van der Waals surface area contributed by atoms with Gasteiger partial charge in [0.1, 0.15) is 0 Å². The molecule has 5 heteroatoms. The molecule has 1 fully saturated rings. The summed E-state index contributed by atoms with van der Waals surface area (Å²) in [7, 11) is 0. The third kappa shape index (κ3) is 3.54. The summed E-state index contributed by atoms with van der Waals surface area (Å²) in [5, 5.41) is 3.38. The lowest BCUT2D eigenvalue weighted by molar-refractivity contribution is 0.0622. The molecule has 20 heavy (non-hydrogen) atoms. The van der Waals surface area contributed by atoms with Gasteiger partial charge in [0.2, 0.25) is 0 Å². The van der Waals surface area contributed by atoms with Gasteiger partial charge in [0.05, 0.1) is 18.0 Å². The molecule has 1 heterocycles. The molecule has 1 unspecified atom stereocenters. The molecule has 1 aliphatic heterocycles. The summed E-state index contributed by atoms with van der Waals surface area (Å²) in [6, 6.07) is 3.22. The molecule has 1 saturated heterocycles. The molecule has 4 nitrogen and oxygen atoms in total. The van der Waals surface area contributed by atoms with Crippen LogP contribution in [0.2, 0.25) is 0 Å².